The van der Waals surface area contributed by atoms with Crippen molar-refractivity contribution in [2.75, 3.05) is 13.6 Å². The Morgan fingerprint density at radius 1 is 0.724 bits per heavy atom. The molecule has 3 N–H and O–H groups in total. The van der Waals surface area contributed by atoms with Crippen LogP contribution in [0.1, 0.15) is 110 Å². The topological polar surface area (TPSA) is 106 Å². The molecule has 0 aliphatic carbocycles. The summed E-state index contributed by atoms with van der Waals surface area (Å²) in [4.78, 5) is 33.0. The van der Waals surface area contributed by atoms with Crippen molar-refractivity contribution in [2.45, 2.75) is 110 Å². The molecule has 0 radical (unpaired) electrons. The molecule has 0 saturated carbocycles. The highest BCUT2D eigenvalue weighted by Crippen LogP contribution is 2.13. The second kappa shape index (κ2) is 19.5. The van der Waals surface area contributed by atoms with E-state index >= 15 is 0 Å². The average Bonchev–Trinajstić information content (AvgIpc) is 2.69. The number of nitrogens with two attached hydrogens (primary N) is 1. The maximum absolute atomic E-state index is 11.5. The van der Waals surface area contributed by atoms with Crippen LogP contribution in [0.25, 0.3) is 0 Å². The second-order valence-electron chi connectivity index (χ2n) is 7.85. The highest BCUT2D eigenvalue weighted by atomic mass is 17.2. The number of hydrogen-bond acceptors (Lipinski definition) is 5. The molecule has 0 bridgehead atoms. The van der Waals surface area contributed by atoms with Gasteiger partial charge >= 0.3 is 11.9 Å². The van der Waals surface area contributed by atoms with Gasteiger partial charge in [0.25, 0.3) is 0 Å². The zero-order valence-corrected chi connectivity index (χ0v) is 18.7. The summed E-state index contributed by atoms with van der Waals surface area (Å²) in [6, 6.07) is 0. The van der Waals surface area contributed by atoms with Gasteiger partial charge in [0.15, 0.2) is 5.96 Å². The molecule has 0 aliphatic heterocycles. The molecule has 0 fully saturated rings. The van der Waals surface area contributed by atoms with E-state index in [4.69, 9.17) is 11.1 Å². The van der Waals surface area contributed by atoms with Gasteiger partial charge in [-0.25, -0.2) is 19.4 Å². The van der Waals surface area contributed by atoms with Gasteiger partial charge in [-0.1, -0.05) is 96.8 Å². The van der Waals surface area contributed by atoms with Crippen molar-refractivity contribution in [3.63, 3.8) is 0 Å². The SMILES string of the molecule is CCCCCCCCCCCCCCCCCC(=O)OOC(=O)CN(C)C(=N)N. The lowest BCUT2D eigenvalue weighted by Crippen LogP contribution is -2.37. The van der Waals surface area contributed by atoms with Crippen molar-refractivity contribution in [1.29, 1.82) is 5.41 Å². The second-order valence-corrected chi connectivity index (χ2v) is 7.85. The molecule has 0 rings (SSSR count). The maximum Gasteiger partial charge on any atom is 0.374 e. The van der Waals surface area contributed by atoms with Gasteiger partial charge in [0, 0.05) is 7.05 Å². The van der Waals surface area contributed by atoms with Crippen LogP contribution < -0.4 is 5.73 Å². The third kappa shape index (κ3) is 19.3. The van der Waals surface area contributed by atoms with Crippen LogP contribution in [-0.4, -0.2) is 36.4 Å². The minimum atomic E-state index is -0.757. The largest absolute Gasteiger partial charge is 0.374 e. The minimum Gasteiger partial charge on any atom is -0.370 e. The van der Waals surface area contributed by atoms with Gasteiger partial charge in [0.1, 0.15) is 6.54 Å². The number of unbranched alkanes of at least 4 members (excludes halogenated alkanes) is 14. The Labute approximate surface area is 177 Å². The van der Waals surface area contributed by atoms with E-state index < -0.39 is 11.9 Å². The third-order valence-corrected chi connectivity index (χ3v) is 4.99. The Balaban J connectivity index is 3.32. The number of carbonyl (C=O) groups excluding carboxylic acids is 2. The molecule has 0 saturated heterocycles. The van der Waals surface area contributed by atoms with Crippen molar-refractivity contribution in [1.82, 2.24) is 4.90 Å². The molecule has 0 heterocycles. The third-order valence-electron chi connectivity index (χ3n) is 4.99. The molecule has 0 atom stereocenters. The van der Waals surface area contributed by atoms with Gasteiger partial charge in [0.2, 0.25) is 0 Å². The van der Waals surface area contributed by atoms with Crippen LogP contribution in [0.4, 0.5) is 0 Å². The molecular formula is C22H43N3O4. The lowest BCUT2D eigenvalue weighted by molar-refractivity contribution is -0.259. The quantitative estimate of drug-likeness (QED) is 0.107. The van der Waals surface area contributed by atoms with Crippen LogP contribution in [0.2, 0.25) is 0 Å². The van der Waals surface area contributed by atoms with Crippen molar-refractivity contribution < 1.29 is 19.4 Å². The van der Waals surface area contributed by atoms with Crippen molar-refractivity contribution >= 4 is 17.9 Å². The molecule has 0 aliphatic rings. The standard InChI is InChI=1S/C22H43N3O4/c1-3-4-5-6-7-8-9-10-11-12-13-14-15-16-17-18-20(26)28-29-21(27)19-25(2)22(23)24/h3-19H2,1-2H3,(H3,23,24). The van der Waals surface area contributed by atoms with E-state index in [2.05, 4.69) is 16.7 Å². The highest BCUT2D eigenvalue weighted by molar-refractivity contribution is 5.81. The molecule has 7 heteroatoms. The normalized spacial score (nSPS) is 10.6. The van der Waals surface area contributed by atoms with Crippen molar-refractivity contribution in [2.24, 2.45) is 5.73 Å². The Morgan fingerprint density at radius 2 is 1.10 bits per heavy atom. The highest BCUT2D eigenvalue weighted by Gasteiger charge is 2.12. The zero-order chi connectivity index (χ0) is 21.7. The summed E-state index contributed by atoms with van der Waals surface area (Å²) < 4.78 is 0. The average molecular weight is 414 g/mol. The maximum atomic E-state index is 11.5. The number of rotatable bonds is 18. The van der Waals surface area contributed by atoms with Gasteiger partial charge in [0.05, 0.1) is 6.42 Å². The zero-order valence-electron chi connectivity index (χ0n) is 18.7. The van der Waals surface area contributed by atoms with E-state index in [1.165, 1.54) is 89.0 Å². The molecule has 29 heavy (non-hydrogen) atoms. The van der Waals surface area contributed by atoms with Gasteiger partial charge in [-0.15, -0.1) is 0 Å². The molecular weight excluding hydrogens is 370 g/mol. The fourth-order valence-electron chi connectivity index (χ4n) is 3.08. The van der Waals surface area contributed by atoms with Crippen LogP contribution in [0, 0.1) is 5.41 Å². The Morgan fingerprint density at radius 3 is 1.52 bits per heavy atom. The summed E-state index contributed by atoms with van der Waals surface area (Å²) in [7, 11) is 1.47. The van der Waals surface area contributed by atoms with Crippen LogP contribution in [0.15, 0.2) is 0 Å². The Hall–Kier alpha value is -1.79. The molecule has 0 spiro atoms. The van der Waals surface area contributed by atoms with E-state index in [1.54, 1.807) is 0 Å². The van der Waals surface area contributed by atoms with Gasteiger partial charge in [-0.2, -0.15) is 0 Å². The molecule has 0 aromatic rings. The Kier molecular flexibility index (Phi) is 18.3. The monoisotopic (exact) mass is 413 g/mol. The number of likely N-dealkylation sites (N-methyl/N-ethyl adjacent to an activating group) is 1. The molecule has 0 aromatic carbocycles. The van der Waals surface area contributed by atoms with Crippen molar-refractivity contribution in [3.05, 3.63) is 0 Å². The lowest BCUT2D eigenvalue weighted by atomic mass is 10.0. The van der Waals surface area contributed by atoms with E-state index in [0.717, 1.165) is 19.3 Å². The molecule has 0 amide bonds. The molecule has 170 valence electrons. The number of nitrogens with one attached hydrogen (secondary N) is 1. The first kappa shape index (κ1) is 27.2. The number of hydrogen-bond donors (Lipinski definition) is 2. The van der Waals surface area contributed by atoms with E-state index in [0.29, 0.717) is 0 Å². The number of guanidine groups is 1. The number of carbonyl (C=O) groups is 2. The van der Waals surface area contributed by atoms with Gasteiger partial charge < -0.3 is 10.6 Å². The summed E-state index contributed by atoms with van der Waals surface area (Å²) in [6.45, 7) is 2.02. The number of nitrogens with zero attached hydrogens (tertiary/aromatic N) is 1. The van der Waals surface area contributed by atoms with Crippen LogP contribution in [0.5, 0.6) is 0 Å². The lowest BCUT2D eigenvalue weighted by Gasteiger charge is -2.14. The van der Waals surface area contributed by atoms with Crippen LogP contribution >= 0.6 is 0 Å². The minimum absolute atomic E-state index is 0.235. The molecule has 0 unspecified atom stereocenters. The van der Waals surface area contributed by atoms with E-state index in [-0.39, 0.29) is 18.9 Å². The van der Waals surface area contributed by atoms with Crippen molar-refractivity contribution in [3.8, 4) is 0 Å². The van der Waals surface area contributed by atoms with Gasteiger partial charge in [-0.05, 0) is 6.42 Å². The summed E-state index contributed by atoms with van der Waals surface area (Å²) in [5, 5.41) is 7.13. The fourth-order valence-corrected chi connectivity index (χ4v) is 3.08. The van der Waals surface area contributed by atoms with E-state index in [1.807, 2.05) is 0 Å². The first-order valence-corrected chi connectivity index (χ1v) is 11.4. The first-order chi connectivity index (χ1) is 14.0. The Bertz CT molecular complexity index is 444. The molecule has 0 aromatic heterocycles. The predicted octanol–water partition coefficient (Wildman–Crippen LogP) is 5.07. The molecule has 7 nitrogen and oxygen atoms in total. The van der Waals surface area contributed by atoms with E-state index in [9.17, 15) is 9.59 Å². The van der Waals surface area contributed by atoms with Crippen LogP contribution in [0.3, 0.4) is 0 Å². The fraction of sp³-hybridized carbons (Fsp3) is 0.864. The summed E-state index contributed by atoms with van der Waals surface area (Å²) >= 11 is 0. The summed E-state index contributed by atoms with van der Waals surface area (Å²) in [5.41, 5.74) is 5.20. The summed E-state index contributed by atoms with van der Waals surface area (Å²) in [6.07, 6.45) is 19.2. The first-order valence-electron chi connectivity index (χ1n) is 11.4. The smallest absolute Gasteiger partial charge is 0.370 e. The summed E-state index contributed by atoms with van der Waals surface area (Å²) in [5.74, 6) is -1.56. The van der Waals surface area contributed by atoms with Crippen LogP contribution in [-0.2, 0) is 19.4 Å². The predicted molar refractivity (Wildman–Crippen MR) is 116 cm³/mol. The van der Waals surface area contributed by atoms with Gasteiger partial charge in [-0.3, -0.25) is 5.41 Å².